The van der Waals surface area contributed by atoms with E-state index in [9.17, 15) is 27.2 Å². The van der Waals surface area contributed by atoms with Crippen molar-refractivity contribution < 1.29 is 36.6 Å². The van der Waals surface area contributed by atoms with Gasteiger partial charge in [-0.05, 0) is 47.5 Å². The molecular weight excluding hydrogens is 400 g/mol. The number of carbonyl (C=O) groups is 2. The first-order chi connectivity index (χ1) is 11.1. The summed E-state index contributed by atoms with van der Waals surface area (Å²) in [6, 6.07) is 0. The summed E-state index contributed by atoms with van der Waals surface area (Å²) in [5.41, 5.74) is 0. The van der Waals surface area contributed by atoms with Crippen LogP contribution in [-0.2, 0) is 19.1 Å². The average Bonchev–Trinajstić information content (AvgIpc) is 2.62. The molecule has 0 aromatic rings. The molecule has 2 aliphatic carbocycles. The van der Waals surface area contributed by atoms with E-state index in [4.69, 9.17) is 9.47 Å². The van der Waals surface area contributed by atoms with Crippen LogP contribution in [0.15, 0.2) is 0 Å². The summed E-state index contributed by atoms with van der Waals surface area (Å²) in [6.45, 7) is 0. The number of hydrogen-bond donors (Lipinski definition) is 0. The van der Waals surface area contributed by atoms with Gasteiger partial charge in [0.2, 0.25) is 0 Å². The van der Waals surface area contributed by atoms with Crippen molar-refractivity contribution >= 4 is 27.9 Å². The number of esters is 2. The highest BCUT2D eigenvalue weighted by Gasteiger charge is 2.55. The minimum absolute atomic E-state index is 0.0407. The summed E-state index contributed by atoms with van der Waals surface area (Å²) in [6.07, 6.45) is -0.652. The first kappa shape index (κ1) is 17.9. The molecule has 4 bridgehead atoms. The lowest BCUT2D eigenvalue weighted by Crippen LogP contribution is -2.45. The van der Waals surface area contributed by atoms with Crippen LogP contribution in [0.5, 0.6) is 0 Å². The third-order valence-corrected chi connectivity index (χ3v) is 5.74. The van der Waals surface area contributed by atoms with Gasteiger partial charge in [-0.25, -0.2) is 0 Å². The molecular formula is C15H17BrF4O4. The van der Waals surface area contributed by atoms with Gasteiger partial charge in [0.15, 0.2) is 0 Å². The van der Waals surface area contributed by atoms with Crippen molar-refractivity contribution in [2.24, 2.45) is 17.8 Å². The highest BCUT2D eigenvalue weighted by atomic mass is 79.9. The Labute approximate surface area is 144 Å². The van der Waals surface area contributed by atoms with E-state index in [0.29, 0.717) is 18.8 Å². The summed E-state index contributed by atoms with van der Waals surface area (Å²) in [5.74, 6) is -5.51. The average molecular weight is 417 g/mol. The first-order valence-electron chi connectivity index (χ1n) is 7.91. The summed E-state index contributed by atoms with van der Waals surface area (Å²) in [7, 11) is 0. The molecule has 0 radical (unpaired) electrons. The molecule has 2 aliphatic heterocycles. The number of ether oxygens (including phenoxy) is 2. The van der Waals surface area contributed by atoms with Gasteiger partial charge in [0.05, 0.1) is 12.3 Å². The van der Waals surface area contributed by atoms with Crippen LogP contribution in [0.2, 0.25) is 0 Å². The Kier molecular flexibility index (Phi) is 4.59. The molecule has 0 spiro atoms. The van der Waals surface area contributed by atoms with Gasteiger partial charge in [0.1, 0.15) is 12.2 Å². The molecule has 4 rings (SSSR count). The molecule has 0 aromatic heterocycles. The smallest absolute Gasteiger partial charge is 0.363 e. The summed E-state index contributed by atoms with van der Waals surface area (Å²) in [4.78, 5) is 19.4. The second kappa shape index (κ2) is 6.14. The Bertz CT molecular complexity index is 536. The van der Waals surface area contributed by atoms with Gasteiger partial charge in [0, 0.05) is 12.3 Å². The van der Waals surface area contributed by atoms with E-state index >= 15 is 0 Å². The first-order valence-corrected chi connectivity index (χ1v) is 8.70. The molecule has 0 aromatic carbocycles. The van der Waals surface area contributed by atoms with E-state index in [1.807, 2.05) is 0 Å². The largest absolute Gasteiger partial charge is 0.458 e. The Hall–Kier alpha value is -0.860. The van der Waals surface area contributed by atoms with Crippen molar-refractivity contribution in [3.05, 3.63) is 0 Å². The van der Waals surface area contributed by atoms with Gasteiger partial charge in [-0.3, -0.25) is 9.59 Å². The van der Waals surface area contributed by atoms with Gasteiger partial charge in [-0.2, -0.15) is 17.6 Å². The molecule has 2 heterocycles. The van der Waals surface area contributed by atoms with Crippen LogP contribution in [0.1, 0.15) is 38.5 Å². The van der Waals surface area contributed by atoms with Gasteiger partial charge < -0.3 is 9.47 Å². The molecule has 0 amide bonds. The van der Waals surface area contributed by atoms with Crippen LogP contribution in [0.25, 0.3) is 0 Å². The Balaban J connectivity index is 1.60. The number of rotatable bonds is 5. The van der Waals surface area contributed by atoms with Crippen molar-refractivity contribution in [1.82, 2.24) is 0 Å². The molecule has 24 heavy (non-hydrogen) atoms. The monoisotopic (exact) mass is 416 g/mol. The van der Waals surface area contributed by atoms with Crippen LogP contribution < -0.4 is 0 Å². The Morgan fingerprint density at radius 1 is 1.21 bits per heavy atom. The molecule has 4 aliphatic rings. The highest BCUT2D eigenvalue weighted by molar-refractivity contribution is 9.10. The third kappa shape index (κ3) is 3.41. The zero-order chi connectivity index (χ0) is 17.7. The second-order valence-electron chi connectivity index (χ2n) is 6.90. The van der Waals surface area contributed by atoms with E-state index < -0.39 is 41.8 Å². The van der Waals surface area contributed by atoms with Crippen molar-refractivity contribution in [2.75, 3.05) is 0 Å². The van der Waals surface area contributed by atoms with Crippen molar-refractivity contribution in [1.29, 1.82) is 0 Å². The van der Waals surface area contributed by atoms with E-state index in [0.717, 1.165) is 12.8 Å². The van der Waals surface area contributed by atoms with Gasteiger partial charge in [-0.15, -0.1) is 0 Å². The predicted molar refractivity (Wildman–Crippen MR) is 76.8 cm³/mol. The fourth-order valence-electron chi connectivity index (χ4n) is 4.05. The topological polar surface area (TPSA) is 52.6 Å². The SMILES string of the molecule is O=C(CCC(F)(F)C(F)(F)Br)OC1C2CC3CC(C2)C(=O)OC1C3. The van der Waals surface area contributed by atoms with Crippen LogP contribution >= 0.6 is 15.9 Å². The minimum Gasteiger partial charge on any atom is -0.458 e. The van der Waals surface area contributed by atoms with Crippen molar-refractivity contribution in [3.8, 4) is 0 Å². The molecule has 2 saturated heterocycles. The summed E-state index contributed by atoms with van der Waals surface area (Å²) in [5, 5.41) is 0. The molecule has 5 atom stereocenters. The van der Waals surface area contributed by atoms with E-state index in [2.05, 4.69) is 0 Å². The zero-order valence-electron chi connectivity index (χ0n) is 12.7. The molecule has 4 nitrogen and oxygen atoms in total. The van der Waals surface area contributed by atoms with Gasteiger partial charge in [0.25, 0.3) is 0 Å². The van der Waals surface area contributed by atoms with E-state index in [-0.39, 0.29) is 17.8 Å². The van der Waals surface area contributed by atoms with Crippen LogP contribution in [-0.4, -0.2) is 34.9 Å². The fourth-order valence-corrected chi connectivity index (χ4v) is 4.25. The normalized spacial score (nSPS) is 35.5. The number of alkyl halides is 5. The van der Waals surface area contributed by atoms with Crippen LogP contribution in [0.3, 0.4) is 0 Å². The van der Waals surface area contributed by atoms with Crippen molar-refractivity contribution in [3.63, 3.8) is 0 Å². The molecule has 9 heteroatoms. The summed E-state index contributed by atoms with van der Waals surface area (Å²) >= 11 is 1.62. The molecule has 4 fully saturated rings. The predicted octanol–water partition coefficient (Wildman–Crippen LogP) is 3.66. The van der Waals surface area contributed by atoms with Crippen molar-refractivity contribution in [2.45, 2.75) is 61.5 Å². The fraction of sp³-hybridized carbons (Fsp3) is 0.867. The molecule has 0 N–H and O–H groups in total. The standard InChI is InChI=1S/C15H17BrF4O4/c16-15(19,20)14(17,18)2-1-11(21)24-12-8-3-7-4-9(6-8)13(22)23-10(12)5-7/h7-10,12H,1-6H2. The van der Waals surface area contributed by atoms with E-state index in [1.165, 1.54) is 0 Å². The maximum Gasteiger partial charge on any atom is 0.363 e. The van der Waals surface area contributed by atoms with Gasteiger partial charge >= 0.3 is 22.7 Å². The van der Waals surface area contributed by atoms with Crippen LogP contribution in [0.4, 0.5) is 17.6 Å². The molecule has 2 saturated carbocycles. The summed E-state index contributed by atoms with van der Waals surface area (Å²) < 4.78 is 62.4. The second-order valence-corrected chi connectivity index (χ2v) is 7.89. The Morgan fingerprint density at radius 3 is 2.58 bits per heavy atom. The third-order valence-electron chi connectivity index (χ3n) is 5.16. The maximum absolute atomic E-state index is 13.2. The number of carbonyl (C=O) groups excluding carboxylic acids is 2. The number of halogens is 5. The lowest BCUT2D eigenvalue weighted by molar-refractivity contribution is -0.178. The lowest BCUT2D eigenvalue weighted by atomic mass is 9.67. The highest BCUT2D eigenvalue weighted by Crippen LogP contribution is 2.48. The molecule has 5 unspecified atom stereocenters. The lowest BCUT2D eigenvalue weighted by Gasteiger charge is -2.41. The number of fused-ring (bicyclic) bond motifs is 1. The quantitative estimate of drug-likeness (QED) is 0.389. The molecule has 136 valence electrons. The zero-order valence-corrected chi connectivity index (χ0v) is 14.2. The Morgan fingerprint density at radius 2 is 1.92 bits per heavy atom. The minimum atomic E-state index is -4.38. The number of hydrogen-bond acceptors (Lipinski definition) is 4. The van der Waals surface area contributed by atoms with E-state index in [1.54, 1.807) is 15.9 Å². The van der Waals surface area contributed by atoms with Crippen LogP contribution in [0, 0.1) is 17.8 Å². The maximum atomic E-state index is 13.2. The van der Waals surface area contributed by atoms with Gasteiger partial charge in [-0.1, -0.05) is 0 Å².